The van der Waals surface area contributed by atoms with Crippen LogP contribution in [-0.4, -0.2) is 19.6 Å². The lowest BCUT2D eigenvalue weighted by Gasteiger charge is -1.97. The van der Waals surface area contributed by atoms with Crippen LogP contribution in [0.1, 0.15) is 17.7 Å². The first kappa shape index (κ1) is 12.3. The van der Waals surface area contributed by atoms with Gasteiger partial charge in [0.25, 0.3) is 5.56 Å². The summed E-state index contributed by atoms with van der Waals surface area (Å²) in [6.07, 6.45) is 5.60. The summed E-state index contributed by atoms with van der Waals surface area (Å²) in [5.74, 6) is 0.463. The Morgan fingerprint density at radius 2 is 2.29 bits per heavy atom. The molecule has 1 N–H and O–H groups in total. The maximum absolute atomic E-state index is 12.1. The van der Waals surface area contributed by atoms with Crippen molar-refractivity contribution in [1.29, 1.82) is 0 Å². The van der Waals surface area contributed by atoms with E-state index in [0.29, 0.717) is 16.1 Å². The lowest BCUT2D eigenvalue weighted by atomic mass is 10.2. The van der Waals surface area contributed by atoms with Gasteiger partial charge in [0.05, 0.1) is 11.0 Å². The zero-order valence-electron chi connectivity index (χ0n) is 11.0. The van der Waals surface area contributed by atoms with Gasteiger partial charge in [0.2, 0.25) is 5.78 Å². The second kappa shape index (κ2) is 4.56. The first-order valence-corrected chi connectivity index (χ1v) is 7.04. The predicted octanol–water partition coefficient (Wildman–Crippen LogP) is 0.626. The summed E-state index contributed by atoms with van der Waals surface area (Å²) in [6, 6.07) is 7.33. The Morgan fingerprint density at radius 1 is 1.38 bits per heavy atom. The molecule has 1 aliphatic carbocycles. The minimum atomic E-state index is -0.210. The second-order valence-electron chi connectivity index (χ2n) is 4.96. The third-order valence-electron chi connectivity index (χ3n) is 3.50. The quantitative estimate of drug-likeness (QED) is 0.716. The lowest BCUT2D eigenvalue weighted by Crippen LogP contribution is -2.28. The highest BCUT2D eigenvalue weighted by molar-refractivity contribution is 6.30. The van der Waals surface area contributed by atoms with Gasteiger partial charge < -0.3 is 0 Å². The molecule has 2 heterocycles. The van der Waals surface area contributed by atoms with Gasteiger partial charge in [-0.05, 0) is 36.6 Å². The molecule has 21 heavy (non-hydrogen) atoms. The van der Waals surface area contributed by atoms with Crippen LogP contribution in [0.5, 0.6) is 0 Å². The number of rotatable bonds is 1. The first-order chi connectivity index (χ1) is 10.2. The Hall–Kier alpha value is -2.40. The molecule has 0 atom stereocenters. The summed E-state index contributed by atoms with van der Waals surface area (Å²) in [7, 11) is 0. The van der Waals surface area contributed by atoms with Crippen molar-refractivity contribution in [3.8, 4) is 0 Å². The fourth-order valence-electron chi connectivity index (χ4n) is 2.52. The molecule has 104 valence electrons. The highest BCUT2D eigenvalue weighted by Gasteiger charge is 2.10. The monoisotopic (exact) mass is 298 g/mol. The number of aryl methyl sites for hydroxylation is 1. The van der Waals surface area contributed by atoms with Crippen LogP contribution in [-0.2, 0) is 6.42 Å². The van der Waals surface area contributed by atoms with Crippen LogP contribution >= 0.6 is 11.6 Å². The van der Waals surface area contributed by atoms with E-state index in [1.165, 1.54) is 0 Å². The molecule has 0 radical (unpaired) electrons. The van der Waals surface area contributed by atoms with Gasteiger partial charge in [-0.15, -0.1) is 0 Å². The predicted molar refractivity (Wildman–Crippen MR) is 80.7 cm³/mol. The molecule has 0 fully saturated rings. The molecule has 0 aliphatic heterocycles. The van der Waals surface area contributed by atoms with E-state index in [2.05, 4.69) is 15.1 Å². The van der Waals surface area contributed by atoms with Gasteiger partial charge in [-0.25, -0.2) is 4.98 Å². The molecule has 0 saturated heterocycles. The molecule has 1 aliphatic rings. The smallest absolute Gasteiger partial charge is 0.276 e. The number of fused-ring (bicyclic) bond motifs is 2. The number of H-pyrrole nitrogens is 1. The molecule has 5 nitrogen and oxygen atoms in total. The van der Waals surface area contributed by atoms with E-state index in [4.69, 9.17) is 11.6 Å². The Balaban J connectivity index is 2.03. The minimum absolute atomic E-state index is 0.210. The van der Waals surface area contributed by atoms with Crippen molar-refractivity contribution in [3.63, 3.8) is 0 Å². The van der Waals surface area contributed by atoms with Gasteiger partial charge in [-0.2, -0.15) is 9.61 Å². The number of aromatic nitrogens is 4. The number of halogens is 1. The molecule has 4 rings (SSSR count). The summed E-state index contributed by atoms with van der Waals surface area (Å²) >= 11 is 5.97. The molecule has 0 bridgehead atoms. The molecule has 3 aromatic rings. The van der Waals surface area contributed by atoms with Crippen molar-refractivity contribution < 1.29 is 0 Å². The molecular weight excluding hydrogens is 288 g/mol. The lowest BCUT2D eigenvalue weighted by molar-refractivity contribution is 0.808. The van der Waals surface area contributed by atoms with Crippen LogP contribution in [0.3, 0.4) is 0 Å². The zero-order chi connectivity index (χ0) is 14.4. The summed E-state index contributed by atoms with van der Waals surface area (Å²) in [5.41, 5.74) is 1.56. The van der Waals surface area contributed by atoms with Crippen molar-refractivity contribution in [3.05, 3.63) is 61.6 Å². The highest BCUT2D eigenvalue weighted by Crippen LogP contribution is 2.10. The molecule has 0 amide bonds. The Kier molecular flexibility index (Phi) is 2.68. The molecule has 0 unspecified atom stereocenters. The third kappa shape index (κ3) is 2.06. The van der Waals surface area contributed by atoms with Crippen LogP contribution in [0.15, 0.2) is 29.1 Å². The maximum Gasteiger partial charge on any atom is 0.276 e. The molecule has 0 spiro atoms. The van der Waals surface area contributed by atoms with Crippen molar-refractivity contribution in [2.75, 3.05) is 0 Å². The van der Waals surface area contributed by atoms with Crippen LogP contribution in [0.25, 0.3) is 17.9 Å². The summed E-state index contributed by atoms with van der Waals surface area (Å²) < 4.78 is 1.57. The summed E-state index contributed by atoms with van der Waals surface area (Å²) in [4.78, 5) is 19.3. The van der Waals surface area contributed by atoms with E-state index in [1.807, 2.05) is 18.2 Å². The number of aromatic amines is 1. The number of nitrogens with zero attached hydrogens (tertiary/aromatic N) is 3. The molecule has 6 heteroatoms. The van der Waals surface area contributed by atoms with Crippen LogP contribution in [0.4, 0.5) is 0 Å². The summed E-state index contributed by atoms with van der Waals surface area (Å²) in [5, 5.41) is 6.47. The van der Waals surface area contributed by atoms with Crippen molar-refractivity contribution in [2.45, 2.75) is 12.8 Å². The van der Waals surface area contributed by atoms with Crippen LogP contribution < -0.4 is 16.3 Å². The topological polar surface area (TPSA) is 63.0 Å². The average molecular weight is 299 g/mol. The SMILES string of the molecule is O=c1[nH]c2nc3c(nn2/c1=C\c1cccc(Cl)c1)CCC=3. The van der Waals surface area contributed by atoms with E-state index < -0.39 is 0 Å². The number of hydrogen-bond donors (Lipinski definition) is 1. The van der Waals surface area contributed by atoms with E-state index in [9.17, 15) is 4.79 Å². The van der Waals surface area contributed by atoms with Crippen LogP contribution in [0, 0.1) is 0 Å². The Morgan fingerprint density at radius 3 is 3.14 bits per heavy atom. The molecular formula is C15H11ClN4O. The van der Waals surface area contributed by atoms with Crippen molar-refractivity contribution in [2.24, 2.45) is 0 Å². The third-order valence-corrected chi connectivity index (χ3v) is 3.74. The highest BCUT2D eigenvalue weighted by atomic mass is 35.5. The summed E-state index contributed by atoms with van der Waals surface area (Å²) in [6.45, 7) is 0. The largest absolute Gasteiger partial charge is 0.289 e. The maximum atomic E-state index is 12.1. The van der Waals surface area contributed by atoms with Gasteiger partial charge in [-0.3, -0.25) is 9.78 Å². The van der Waals surface area contributed by atoms with E-state index in [0.717, 1.165) is 29.4 Å². The number of imidazole rings is 1. The number of hydrogen-bond acceptors (Lipinski definition) is 3. The van der Waals surface area contributed by atoms with E-state index in [1.54, 1.807) is 22.7 Å². The normalized spacial score (nSPS) is 14.4. The Bertz CT molecular complexity index is 1030. The van der Waals surface area contributed by atoms with E-state index in [-0.39, 0.29) is 5.56 Å². The fraction of sp³-hybridized carbons (Fsp3) is 0.133. The minimum Gasteiger partial charge on any atom is -0.289 e. The van der Waals surface area contributed by atoms with Gasteiger partial charge in [-0.1, -0.05) is 29.8 Å². The fourth-order valence-corrected chi connectivity index (χ4v) is 2.72. The standard InChI is InChI=1S/C15H11ClN4O/c16-10-4-1-3-9(7-10)8-13-14(21)18-15-17-11-5-2-6-12(11)19-20(13)15/h1,3-5,7-8H,2,6H2,(H,17,18,21)/b13-8-. The van der Waals surface area contributed by atoms with Gasteiger partial charge in [0.15, 0.2) is 0 Å². The second-order valence-corrected chi connectivity index (χ2v) is 5.40. The molecule has 0 saturated carbocycles. The average Bonchev–Trinajstić information content (AvgIpc) is 3.01. The van der Waals surface area contributed by atoms with Crippen molar-refractivity contribution in [1.82, 2.24) is 19.6 Å². The van der Waals surface area contributed by atoms with Gasteiger partial charge in [0.1, 0.15) is 5.35 Å². The van der Waals surface area contributed by atoms with Crippen molar-refractivity contribution >= 4 is 29.5 Å². The molecule has 2 aromatic heterocycles. The first-order valence-electron chi connectivity index (χ1n) is 6.66. The Labute approximate surface area is 124 Å². The van der Waals surface area contributed by atoms with Gasteiger partial charge >= 0.3 is 0 Å². The molecule has 1 aromatic carbocycles. The van der Waals surface area contributed by atoms with Gasteiger partial charge in [0, 0.05) is 5.02 Å². The van der Waals surface area contributed by atoms with E-state index >= 15 is 0 Å². The number of benzene rings is 1. The van der Waals surface area contributed by atoms with Crippen LogP contribution in [0.2, 0.25) is 5.02 Å². The number of nitrogens with one attached hydrogen (secondary N) is 1. The zero-order valence-corrected chi connectivity index (χ0v) is 11.8.